The number of halogens is 1. The number of para-hydroxylation sites is 2. The Morgan fingerprint density at radius 3 is 2.81 bits per heavy atom. The van der Waals surface area contributed by atoms with E-state index in [0.29, 0.717) is 18.3 Å². The lowest BCUT2D eigenvalue weighted by Gasteiger charge is -2.21. The second-order valence-electron chi connectivity index (χ2n) is 8.38. The second-order valence-corrected chi connectivity index (χ2v) is 8.38. The van der Waals surface area contributed by atoms with Gasteiger partial charge in [-0.15, -0.1) is 0 Å². The van der Waals surface area contributed by atoms with Gasteiger partial charge < -0.3 is 25.2 Å². The van der Waals surface area contributed by atoms with Gasteiger partial charge in [0.2, 0.25) is 0 Å². The van der Waals surface area contributed by atoms with Gasteiger partial charge in [-0.1, -0.05) is 12.1 Å². The number of benzene rings is 1. The normalized spacial score (nSPS) is 21.2. The number of hydrogen-bond donors (Lipinski definition) is 2. The smallest absolute Gasteiger partial charge is 0.191 e. The van der Waals surface area contributed by atoms with Crippen molar-refractivity contribution in [2.45, 2.75) is 25.8 Å². The van der Waals surface area contributed by atoms with Crippen LogP contribution in [-0.2, 0) is 0 Å². The Kier molecular flexibility index (Phi) is 7.29. The van der Waals surface area contributed by atoms with Crippen LogP contribution in [0, 0.1) is 11.7 Å². The third-order valence-electron chi connectivity index (χ3n) is 6.13. The number of hydrogen-bond acceptors (Lipinski definition) is 5. The van der Waals surface area contributed by atoms with Crippen LogP contribution in [0.2, 0.25) is 0 Å². The average Bonchev–Trinajstić information content (AvgIpc) is 3.48. The van der Waals surface area contributed by atoms with E-state index in [9.17, 15) is 4.39 Å². The van der Waals surface area contributed by atoms with E-state index in [0.717, 1.165) is 63.0 Å². The van der Waals surface area contributed by atoms with E-state index in [1.54, 1.807) is 19.4 Å². The third-order valence-corrected chi connectivity index (χ3v) is 6.13. The summed E-state index contributed by atoms with van der Waals surface area (Å²) in [6.45, 7) is 7.11. The lowest BCUT2D eigenvalue weighted by Crippen LogP contribution is -2.45. The van der Waals surface area contributed by atoms with Crippen LogP contribution >= 0.6 is 0 Å². The number of nitrogens with zero attached hydrogens (tertiary/aromatic N) is 4. The molecule has 0 saturated carbocycles. The molecule has 0 aliphatic carbocycles. The van der Waals surface area contributed by atoms with Gasteiger partial charge in [0.25, 0.3) is 0 Å². The van der Waals surface area contributed by atoms with E-state index < -0.39 is 0 Å². The van der Waals surface area contributed by atoms with Gasteiger partial charge in [-0.25, -0.2) is 9.37 Å². The highest BCUT2D eigenvalue weighted by molar-refractivity contribution is 5.80. The van der Waals surface area contributed by atoms with Gasteiger partial charge in [-0.2, -0.15) is 0 Å². The van der Waals surface area contributed by atoms with Gasteiger partial charge in [0.1, 0.15) is 5.75 Å². The number of ether oxygens (including phenoxy) is 1. The van der Waals surface area contributed by atoms with Crippen LogP contribution in [0.3, 0.4) is 0 Å². The highest BCUT2D eigenvalue weighted by Crippen LogP contribution is 2.32. The van der Waals surface area contributed by atoms with Crippen LogP contribution in [0.1, 0.15) is 19.8 Å². The molecule has 2 aromatic rings. The Morgan fingerprint density at radius 1 is 1.16 bits per heavy atom. The molecule has 172 valence electrons. The maximum atomic E-state index is 14.1. The van der Waals surface area contributed by atoms with Gasteiger partial charge in [0.15, 0.2) is 17.6 Å². The molecule has 0 radical (unpaired) electrons. The fourth-order valence-corrected chi connectivity index (χ4v) is 4.51. The third kappa shape index (κ3) is 5.23. The molecule has 2 aliphatic heterocycles. The van der Waals surface area contributed by atoms with Gasteiger partial charge in [0.05, 0.1) is 12.8 Å². The molecule has 2 fully saturated rings. The summed E-state index contributed by atoms with van der Waals surface area (Å²) in [7, 11) is 1.72. The fourth-order valence-electron chi connectivity index (χ4n) is 4.51. The van der Waals surface area contributed by atoms with Crippen LogP contribution in [-0.4, -0.2) is 63.4 Å². The molecule has 1 aromatic heterocycles. The number of aliphatic imine (C=N–C) groups is 1. The predicted octanol–water partition coefficient (Wildman–Crippen LogP) is 2.89. The quantitative estimate of drug-likeness (QED) is 0.510. The largest absolute Gasteiger partial charge is 0.495 e. The van der Waals surface area contributed by atoms with Crippen LogP contribution in [0.15, 0.2) is 47.6 Å². The maximum absolute atomic E-state index is 14.1. The topological polar surface area (TPSA) is 65.0 Å². The van der Waals surface area contributed by atoms with Gasteiger partial charge in [-0.3, -0.25) is 4.99 Å². The molecule has 2 saturated heterocycles. The minimum absolute atomic E-state index is 0.211. The standard InChI is InChI=1S/C24H33FN6O/c1-3-26-24(29-19-11-14-31(17-19)23-20(25)7-6-12-27-23)28-15-18-10-13-30(16-18)21-8-4-5-9-22(21)32-2/h4-9,12,18-19H,3,10-11,13-17H2,1-2H3,(H2,26,28,29). The lowest BCUT2D eigenvalue weighted by atomic mass is 10.1. The number of pyridine rings is 1. The van der Waals surface area contributed by atoms with Crippen molar-refractivity contribution in [3.63, 3.8) is 0 Å². The van der Waals surface area contributed by atoms with Crippen molar-refractivity contribution in [3.8, 4) is 5.75 Å². The molecule has 0 bridgehead atoms. The fraction of sp³-hybridized carbons (Fsp3) is 0.500. The highest BCUT2D eigenvalue weighted by Gasteiger charge is 2.27. The minimum Gasteiger partial charge on any atom is -0.495 e. The maximum Gasteiger partial charge on any atom is 0.191 e. The Balaban J connectivity index is 1.32. The Bertz CT molecular complexity index is 923. The monoisotopic (exact) mass is 440 g/mol. The molecule has 2 aliphatic rings. The van der Waals surface area contributed by atoms with Crippen molar-refractivity contribution in [2.75, 3.05) is 56.2 Å². The molecule has 1 aromatic carbocycles. The summed E-state index contributed by atoms with van der Waals surface area (Å²) in [5, 5.41) is 6.89. The van der Waals surface area contributed by atoms with Crippen LogP contribution in [0.5, 0.6) is 5.75 Å². The van der Waals surface area contributed by atoms with Crippen LogP contribution < -0.4 is 25.2 Å². The first-order valence-corrected chi connectivity index (χ1v) is 11.5. The molecule has 4 rings (SSSR count). The number of methoxy groups -OCH3 is 1. The number of rotatable bonds is 7. The molecular weight excluding hydrogens is 407 g/mol. The van der Waals surface area contributed by atoms with Crippen LogP contribution in [0.25, 0.3) is 0 Å². The van der Waals surface area contributed by atoms with Crippen molar-refractivity contribution in [1.82, 2.24) is 15.6 Å². The lowest BCUT2D eigenvalue weighted by molar-refractivity contribution is 0.414. The highest BCUT2D eigenvalue weighted by atomic mass is 19.1. The number of nitrogens with one attached hydrogen (secondary N) is 2. The zero-order valence-electron chi connectivity index (χ0n) is 18.9. The van der Waals surface area contributed by atoms with E-state index in [1.807, 2.05) is 17.0 Å². The number of guanidine groups is 1. The summed E-state index contributed by atoms with van der Waals surface area (Å²) in [5.74, 6) is 2.41. The molecule has 7 nitrogen and oxygen atoms in total. The molecule has 8 heteroatoms. The van der Waals surface area contributed by atoms with Crippen LogP contribution in [0.4, 0.5) is 15.9 Å². The molecule has 0 spiro atoms. The van der Waals surface area contributed by atoms with E-state index >= 15 is 0 Å². The minimum atomic E-state index is -0.269. The first-order chi connectivity index (χ1) is 15.7. The van der Waals surface area contributed by atoms with E-state index in [1.165, 1.54) is 6.07 Å². The number of aromatic nitrogens is 1. The van der Waals surface area contributed by atoms with Crippen molar-refractivity contribution in [2.24, 2.45) is 10.9 Å². The first-order valence-electron chi connectivity index (χ1n) is 11.5. The van der Waals surface area contributed by atoms with E-state index in [-0.39, 0.29) is 11.9 Å². The Hall–Kier alpha value is -3.03. The number of anilines is 2. The molecule has 0 amide bonds. The zero-order valence-corrected chi connectivity index (χ0v) is 18.9. The zero-order chi connectivity index (χ0) is 22.3. The van der Waals surface area contributed by atoms with E-state index in [2.05, 4.69) is 39.6 Å². The predicted molar refractivity (Wildman–Crippen MR) is 127 cm³/mol. The summed E-state index contributed by atoms with van der Waals surface area (Å²) >= 11 is 0. The summed E-state index contributed by atoms with van der Waals surface area (Å²) in [6, 6.07) is 11.5. The Labute approximate surface area is 189 Å². The van der Waals surface area contributed by atoms with Crippen molar-refractivity contribution in [3.05, 3.63) is 48.4 Å². The molecular formula is C24H33FN6O. The second kappa shape index (κ2) is 10.5. The molecule has 32 heavy (non-hydrogen) atoms. The van der Waals surface area contributed by atoms with E-state index in [4.69, 9.17) is 9.73 Å². The Morgan fingerprint density at radius 2 is 2.00 bits per heavy atom. The average molecular weight is 441 g/mol. The molecule has 2 N–H and O–H groups in total. The van der Waals surface area contributed by atoms with Gasteiger partial charge >= 0.3 is 0 Å². The van der Waals surface area contributed by atoms with Crippen molar-refractivity contribution < 1.29 is 9.13 Å². The summed E-state index contributed by atoms with van der Waals surface area (Å²) < 4.78 is 19.6. The summed E-state index contributed by atoms with van der Waals surface area (Å²) in [4.78, 5) is 13.5. The van der Waals surface area contributed by atoms with Gasteiger partial charge in [-0.05, 0) is 49.9 Å². The van der Waals surface area contributed by atoms with Crippen molar-refractivity contribution >= 4 is 17.5 Å². The van der Waals surface area contributed by atoms with Crippen molar-refractivity contribution in [1.29, 1.82) is 0 Å². The summed E-state index contributed by atoms with van der Waals surface area (Å²) in [5.41, 5.74) is 1.15. The first kappa shape index (κ1) is 22.2. The SMILES string of the molecule is CCNC(=NCC1CCN(c2ccccc2OC)C1)NC1CCN(c2ncccc2F)C1. The molecule has 3 heterocycles. The van der Waals surface area contributed by atoms with Gasteiger partial charge in [0, 0.05) is 51.5 Å². The molecule has 2 unspecified atom stereocenters. The molecule has 2 atom stereocenters. The summed E-state index contributed by atoms with van der Waals surface area (Å²) in [6.07, 6.45) is 3.67.